The molecule has 7 heteroatoms. The lowest BCUT2D eigenvalue weighted by molar-refractivity contribution is 0.00990. The van der Waals surface area contributed by atoms with Crippen LogP contribution in [0.3, 0.4) is 0 Å². The zero-order chi connectivity index (χ0) is 17.9. The quantitative estimate of drug-likeness (QED) is 0.234. The number of halogens is 2. The second kappa shape index (κ2) is 13.7. The van der Waals surface area contributed by atoms with Crippen molar-refractivity contribution in [3.63, 3.8) is 0 Å². The molecule has 5 nitrogen and oxygen atoms in total. The third-order valence-corrected chi connectivity index (χ3v) is 4.72. The van der Waals surface area contributed by atoms with Crippen molar-refractivity contribution in [2.45, 2.75) is 38.8 Å². The molecule has 0 unspecified atom stereocenters. The molecule has 0 aromatic heterocycles. The van der Waals surface area contributed by atoms with E-state index in [0.29, 0.717) is 12.6 Å². The van der Waals surface area contributed by atoms with Gasteiger partial charge in [0.25, 0.3) is 0 Å². The van der Waals surface area contributed by atoms with Gasteiger partial charge in [0.1, 0.15) is 0 Å². The number of rotatable bonds is 8. The van der Waals surface area contributed by atoms with Crippen LogP contribution in [0.25, 0.3) is 0 Å². The summed E-state index contributed by atoms with van der Waals surface area (Å²) in [5, 5.41) is 3.42. The molecule has 1 aromatic rings. The molecule has 0 bridgehead atoms. The predicted molar refractivity (Wildman–Crippen MR) is 121 cm³/mol. The summed E-state index contributed by atoms with van der Waals surface area (Å²) in [6.07, 6.45) is 3.43. The summed E-state index contributed by atoms with van der Waals surface area (Å²) in [4.78, 5) is 7.16. The average Bonchev–Trinajstić information content (AvgIpc) is 2.63. The maximum absolute atomic E-state index is 5.94. The van der Waals surface area contributed by atoms with Crippen LogP contribution >= 0.6 is 39.9 Å². The first-order valence-electron chi connectivity index (χ1n) is 9.11. The van der Waals surface area contributed by atoms with E-state index in [9.17, 15) is 0 Å². The Labute approximate surface area is 183 Å². The van der Waals surface area contributed by atoms with Gasteiger partial charge in [-0.2, -0.15) is 0 Å². The first-order chi connectivity index (χ1) is 12.2. The minimum absolute atomic E-state index is 0. The Kier molecular flexibility index (Phi) is 12.5. The van der Waals surface area contributed by atoms with Gasteiger partial charge in [0.05, 0.1) is 12.6 Å². The summed E-state index contributed by atoms with van der Waals surface area (Å²) in [5.41, 5.74) is 1.21. The highest BCUT2D eigenvalue weighted by molar-refractivity contribution is 14.0. The molecular weight excluding hydrogens is 509 g/mol. The molecule has 2 rings (SSSR count). The van der Waals surface area contributed by atoms with Crippen LogP contribution in [0.5, 0.6) is 0 Å². The molecule has 1 aliphatic heterocycles. The average molecular weight is 540 g/mol. The molecule has 1 aromatic carbocycles. The lowest BCUT2D eigenvalue weighted by Crippen LogP contribution is -2.47. The Morgan fingerprint density at radius 2 is 2.08 bits per heavy atom. The maximum Gasteiger partial charge on any atom is 0.194 e. The molecule has 26 heavy (non-hydrogen) atoms. The Hall–Kier alpha value is -0.380. The zero-order valence-corrected chi connectivity index (χ0v) is 19.7. The fourth-order valence-electron chi connectivity index (χ4n) is 2.91. The molecule has 1 saturated heterocycles. The summed E-state index contributed by atoms with van der Waals surface area (Å²) >= 11 is 3.52. The smallest absolute Gasteiger partial charge is 0.194 e. The molecule has 0 radical (unpaired) electrons. The van der Waals surface area contributed by atoms with E-state index in [2.05, 4.69) is 45.2 Å². The van der Waals surface area contributed by atoms with Crippen molar-refractivity contribution in [2.24, 2.45) is 4.99 Å². The molecule has 1 heterocycles. The molecule has 0 aliphatic carbocycles. The van der Waals surface area contributed by atoms with Gasteiger partial charge in [-0.05, 0) is 43.9 Å². The number of ether oxygens (including phenoxy) is 2. The van der Waals surface area contributed by atoms with E-state index in [4.69, 9.17) is 14.5 Å². The van der Waals surface area contributed by atoms with Gasteiger partial charge >= 0.3 is 0 Å². The number of hydrogen-bond donors (Lipinski definition) is 1. The van der Waals surface area contributed by atoms with Crippen LogP contribution < -0.4 is 5.32 Å². The molecular formula is C19H31BrIN3O2. The molecule has 1 N–H and O–H groups in total. The normalized spacial score (nSPS) is 15.7. The van der Waals surface area contributed by atoms with E-state index in [1.54, 1.807) is 7.11 Å². The number of aliphatic imine (C=N–C) groups is 1. The van der Waals surface area contributed by atoms with Crippen LogP contribution in [0.15, 0.2) is 33.7 Å². The van der Waals surface area contributed by atoms with Crippen LogP contribution in [-0.2, 0) is 16.0 Å². The van der Waals surface area contributed by atoms with E-state index >= 15 is 0 Å². The van der Waals surface area contributed by atoms with E-state index in [1.807, 2.05) is 12.1 Å². The van der Waals surface area contributed by atoms with E-state index in [0.717, 1.165) is 62.5 Å². The second-order valence-corrected chi connectivity index (χ2v) is 7.12. The van der Waals surface area contributed by atoms with Crippen LogP contribution in [0, 0.1) is 0 Å². The van der Waals surface area contributed by atoms with Gasteiger partial charge < -0.3 is 19.7 Å². The number of likely N-dealkylation sites (tertiary alicyclic amines) is 1. The number of hydrogen-bond acceptors (Lipinski definition) is 3. The third kappa shape index (κ3) is 8.54. The van der Waals surface area contributed by atoms with Crippen LogP contribution in [0.1, 0.15) is 31.7 Å². The van der Waals surface area contributed by atoms with E-state index in [-0.39, 0.29) is 24.0 Å². The Bertz CT molecular complexity index is 537. The largest absolute Gasteiger partial charge is 0.385 e. The SMILES string of the molecule is CCNC(=NCc1cccc(Br)c1)N1CCC(OCCCOC)CC1.I. The molecule has 1 fully saturated rings. The van der Waals surface area contributed by atoms with Gasteiger partial charge in [-0.1, -0.05) is 28.1 Å². The monoisotopic (exact) mass is 539 g/mol. The molecule has 0 amide bonds. The topological polar surface area (TPSA) is 46.1 Å². The first-order valence-corrected chi connectivity index (χ1v) is 9.90. The van der Waals surface area contributed by atoms with E-state index < -0.39 is 0 Å². The fourth-order valence-corrected chi connectivity index (χ4v) is 3.36. The molecule has 148 valence electrons. The number of nitrogens with zero attached hydrogens (tertiary/aromatic N) is 2. The van der Waals surface area contributed by atoms with Crippen LogP contribution in [0.4, 0.5) is 0 Å². The lowest BCUT2D eigenvalue weighted by atomic mass is 10.1. The summed E-state index contributed by atoms with van der Waals surface area (Å²) in [7, 11) is 1.73. The minimum Gasteiger partial charge on any atom is -0.385 e. The Morgan fingerprint density at radius 3 is 2.73 bits per heavy atom. The summed E-state index contributed by atoms with van der Waals surface area (Å²) < 4.78 is 12.1. The third-order valence-electron chi connectivity index (χ3n) is 4.22. The van der Waals surface area contributed by atoms with Crippen molar-refractivity contribution < 1.29 is 9.47 Å². The first kappa shape index (κ1) is 23.7. The van der Waals surface area contributed by atoms with Crippen molar-refractivity contribution in [1.82, 2.24) is 10.2 Å². The molecule has 0 saturated carbocycles. The number of benzene rings is 1. The van der Waals surface area contributed by atoms with Crippen molar-refractivity contribution in [1.29, 1.82) is 0 Å². The Morgan fingerprint density at radius 1 is 1.31 bits per heavy atom. The predicted octanol–water partition coefficient (Wildman–Crippen LogP) is 4.05. The number of methoxy groups -OCH3 is 1. The van der Waals surface area contributed by atoms with Crippen LogP contribution in [0.2, 0.25) is 0 Å². The van der Waals surface area contributed by atoms with Gasteiger partial charge in [-0.25, -0.2) is 4.99 Å². The number of piperidine rings is 1. The van der Waals surface area contributed by atoms with Gasteiger partial charge in [0, 0.05) is 44.4 Å². The van der Waals surface area contributed by atoms with Gasteiger partial charge in [-0.3, -0.25) is 0 Å². The molecule has 1 aliphatic rings. The standard InChI is InChI=1S/C19H30BrN3O2.HI/c1-3-21-19(22-15-16-6-4-7-17(20)14-16)23-10-8-18(9-11-23)25-13-5-12-24-2;/h4,6-7,14,18H,3,5,8-13,15H2,1-2H3,(H,21,22);1H. The van der Waals surface area contributed by atoms with Crippen LogP contribution in [-0.4, -0.2) is 56.9 Å². The molecule has 0 atom stereocenters. The highest BCUT2D eigenvalue weighted by atomic mass is 127. The van der Waals surface area contributed by atoms with Gasteiger partial charge in [-0.15, -0.1) is 24.0 Å². The highest BCUT2D eigenvalue weighted by Crippen LogP contribution is 2.15. The van der Waals surface area contributed by atoms with E-state index in [1.165, 1.54) is 5.56 Å². The van der Waals surface area contributed by atoms with Crippen molar-refractivity contribution in [3.05, 3.63) is 34.3 Å². The summed E-state index contributed by atoms with van der Waals surface area (Å²) in [5.74, 6) is 1.00. The fraction of sp³-hybridized carbons (Fsp3) is 0.632. The Balaban J connectivity index is 0.00000338. The number of nitrogens with one attached hydrogen (secondary N) is 1. The highest BCUT2D eigenvalue weighted by Gasteiger charge is 2.21. The zero-order valence-electron chi connectivity index (χ0n) is 15.7. The minimum atomic E-state index is 0. The van der Waals surface area contributed by atoms with Crippen molar-refractivity contribution in [3.8, 4) is 0 Å². The lowest BCUT2D eigenvalue weighted by Gasteiger charge is -2.34. The van der Waals surface area contributed by atoms with Crippen molar-refractivity contribution >= 4 is 45.9 Å². The maximum atomic E-state index is 5.94. The van der Waals surface area contributed by atoms with Crippen molar-refractivity contribution in [2.75, 3.05) is 40.0 Å². The molecule has 0 spiro atoms. The second-order valence-electron chi connectivity index (χ2n) is 6.20. The summed E-state index contributed by atoms with van der Waals surface area (Å²) in [6, 6.07) is 8.31. The van der Waals surface area contributed by atoms with Gasteiger partial charge in [0.15, 0.2) is 5.96 Å². The van der Waals surface area contributed by atoms with Gasteiger partial charge in [0.2, 0.25) is 0 Å². The number of guanidine groups is 1. The summed E-state index contributed by atoms with van der Waals surface area (Å²) in [6.45, 7) is 7.21.